The lowest BCUT2D eigenvalue weighted by atomic mass is 9.96. The molecule has 1 saturated carbocycles. The smallest absolute Gasteiger partial charge is 0.258 e. The van der Waals surface area contributed by atoms with E-state index in [2.05, 4.69) is 24.3 Å². The van der Waals surface area contributed by atoms with Crippen LogP contribution in [-0.2, 0) is 0 Å². The molecule has 2 aromatic carbocycles. The maximum atomic E-state index is 13.9. The van der Waals surface area contributed by atoms with Crippen molar-refractivity contribution in [2.75, 3.05) is 12.4 Å². The minimum atomic E-state index is -0.914. The molecule has 0 saturated heterocycles. The lowest BCUT2D eigenvalue weighted by molar-refractivity contribution is 0.102. The first-order valence-corrected chi connectivity index (χ1v) is 10.8. The molecule has 31 heavy (non-hydrogen) atoms. The number of ether oxygens (including phenoxy) is 1. The lowest BCUT2D eigenvalue weighted by Gasteiger charge is -2.21. The highest BCUT2D eigenvalue weighted by atomic mass is 19.1. The molecular formula is C24H29F2N3O2. The minimum absolute atomic E-state index is 0.235. The summed E-state index contributed by atoms with van der Waals surface area (Å²) in [5.41, 5.74) is 0.946. The number of anilines is 1. The third-order valence-corrected chi connectivity index (χ3v) is 5.22. The molecule has 4 rings (SSSR count). The Labute approximate surface area is 181 Å². The van der Waals surface area contributed by atoms with Crippen LogP contribution in [0, 0.1) is 11.6 Å². The van der Waals surface area contributed by atoms with Gasteiger partial charge in [-0.2, -0.15) is 5.10 Å². The van der Waals surface area contributed by atoms with E-state index < -0.39 is 17.5 Å². The van der Waals surface area contributed by atoms with Gasteiger partial charge >= 0.3 is 0 Å². The Morgan fingerprint density at radius 3 is 2.52 bits per heavy atom. The van der Waals surface area contributed by atoms with Gasteiger partial charge in [-0.25, -0.2) is 8.78 Å². The second-order valence-corrected chi connectivity index (χ2v) is 7.80. The summed E-state index contributed by atoms with van der Waals surface area (Å²) >= 11 is 0. The zero-order chi connectivity index (χ0) is 22.4. The summed E-state index contributed by atoms with van der Waals surface area (Å²) in [6.07, 6.45) is 9.11. The fraction of sp³-hybridized carbons (Fsp3) is 0.417. The van der Waals surface area contributed by atoms with Gasteiger partial charge in [0.25, 0.3) is 5.91 Å². The van der Waals surface area contributed by atoms with Crippen molar-refractivity contribution >= 4 is 22.5 Å². The van der Waals surface area contributed by atoms with Crippen molar-refractivity contribution in [2.45, 2.75) is 58.4 Å². The number of nitrogens with one attached hydrogen (secondary N) is 1. The van der Waals surface area contributed by atoms with Crippen molar-refractivity contribution in [3.05, 3.63) is 53.7 Å². The van der Waals surface area contributed by atoms with E-state index in [1.165, 1.54) is 32.8 Å². The van der Waals surface area contributed by atoms with Crippen molar-refractivity contribution < 1.29 is 18.3 Å². The molecule has 1 aliphatic carbocycles. The van der Waals surface area contributed by atoms with Crippen molar-refractivity contribution in [1.29, 1.82) is 0 Å². The van der Waals surface area contributed by atoms with Gasteiger partial charge in [0.2, 0.25) is 0 Å². The number of benzene rings is 2. The molecule has 0 bridgehead atoms. The molecule has 3 aromatic rings. The average Bonchev–Trinajstić information content (AvgIpc) is 3.17. The average molecular weight is 430 g/mol. The summed E-state index contributed by atoms with van der Waals surface area (Å²) in [4.78, 5) is 12.5. The molecule has 1 N–H and O–H groups in total. The Bertz CT molecular complexity index is 1040. The molecular weight excluding hydrogens is 400 g/mol. The normalized spacial score (nSPS) is 14.1. The SMILES string of the molecule is CCC.COc1cc2nn(C3CCCCC3)cc2cc1NC(=O)c1ccc(F)cc1F. The van der Waals surface area contributed by atoms with Crippen molar-refractivity contribution in [1.82, 2.24) is 9.78 Å². The van der Waals surface area contributed by atoms with E-state index in [1.807, 2.05) is 10.9 Å². The van der Waals surface area contributed by atoms with Gasteiger partial charge in [-0.3, -0.25) is 9.48 Å². The Hall–Kier alpha value is -2.96. The van der Waals surface area contributed by atoms with Crippen LogP contribution in [-0.4, -0.2) is 22.8 Å². The first-order chi connectivity index (χ1) is 15.0. The summed E-state index contributed by atoms with van der Waals surface area (Å²) in [5, 5.41) is 8.19. The number of rotatable bonds is 4. The Morgan fingerprint density at radius 1 is 1.16 bits per heavy atom. The van der Waals surface area contributed by atoms with Crippen LogP contribution in [0.2, 0.25) is 0 Å². The summed E-state index contributed by atoms with van der Waals surface area (Å²) in [6, 6.07) is 6.76. The number of hydrogen-bond donors (Lipinski definition) is 1. The molecule has 0 unspecified atom stereocenters. The molecule has 0 aliphatic heterocycles. The van der Waals surface area contributed by atoms with Gasteiger partial charge in [0.05, 0.1) is 29.9 Å². The van der Waals surface area contributed by atoms with Crippen molar-refractivity contribution in [3.8, 4) is 5.75 Å². The Morgan fingerprint density at radius 2 is 1.87 bits per heavy atom. The number of nitrogens with zero attached hydrogens (tertiary/aromatic N) is 2. The highest BCUT2D eigenvalue weighted by Crippen LogP contribution is 2.33. The van der Waals surface area contributed by atoms with Gasteiger partial charge in [-0.15, -0.1) is 0 Å². The molecule has 1 amide bonds. The predicted molar refractivity (Wildman–Crippen MR) is 119 cm³/mol. The number of aromatic nitrogens is 2. The summed E-state index contributed by atoms with van der Waals surface area (Å²) in [6.45, 7) is 4.25. The fourth-order valence-corrected chi connectivity index (χ4v) is 3.73. The van der Waals surface area contributed by atoms with E-state index in [0.29, 0.717) is 23.5 Å². The first kappa shape index (κ1) is 22.7. The van der Waals surface area contributed by atoms with Crippen molar-refractivity contribution in [3.63, 3.8) is 0 Å². The van der Waals surface area contributed by atoms with Crippen LogP contribution in [0.15, 0.2) is 36.5 Å². The molecule has 0 spiro atoms. The zero-order valence-corrected chi connectivity index (χ0v) is 18.3. The highest BCUT2D eigenvalue weighted by Gasteiger charge is 2.19. The number of carbonyl (C=O) groups excluding carboxylic acids is 1. The van der Waals surface area contributed by atoms with Crippen LogP contribution in [0.25, 0.3) is 10.9 Å². The van der Waals surface area contributed by atoms with Gasteiger partial charge in [-0.05, 0) is 31.0 Å². The summed E-state index contributed by atoms with van der Waals surface area (Å²) < 4.78 is 34.4. The fourth-order valence-electron chi connectivity index (χ4n) is 3.73. The maximum Gasteiger partial charge on any atom is 0.258 e. The van der Waals surface area contributed by atoms with Crippen LogP contribution in [0.3, 0.4) is 0 Å². The van der Waals surface area contributed by atoms with E-state index in [4.69, 9.17) is 4.74 Å². The summed E-state index contributed by atoms with van der Waals surface area (Å²) in [5.74, 6) is -1.89. The number of carbonyl (C=O) groups is 1. The largest absolute Gasteiger partial charge is 0.494 e. The van der Waals surface area contributed by atoms with Crippen LogP contribution in [0.1, 0.15) is 68.8 Å². The van der Waals surface area contributed by atoms with E-state index in [0.717, 1.165) is 35.9 Å². The molecule has 1 aromatic heterocycles. The number of amides is 1. The highest BCUT2D eigenvalue weighted by molar-refractivity contribution is 6.06. The van der Waals surface area contributed by atoms with Crippen LogP contribution >= 0.6 is 0 Å². The van der Waals surface area contributed by atoms with Gasteiger partial charge in [-0.1, -0.05) is 39.5 Å². The third kappa shape index (κ3) is 5.40. The predicted octanol–water partition coefficient (Wildman–Crippen LogP) is 6.50. The molecule has 166 valence electrons. The Balaban J connectivity index is 0.000000858. The molecule has 0 radical (unpaired) electrons. The minimum Gasteiger partial charge on any atom is -0.494 e. The molecule has 1 fully saturated rings. The topological polar surface area (TPSA) is 56.1 Å². The Kier molecular flexibility index (Phi) is 7.60. The summed E-state index contributed by atoms with van der Waals surface area (Å²) in [7, 11) is 1.49. The van der Waals surface area contributed by atoms with Gasteiger partial charge in [0.15, 0.2) is 0 Å². The second kappa shape index (κ2) is 10.4. The van der Waals surface area contributed by atoms with Crippen LogP contribution in [0.5, 0.6) is 5.75 Å². The van der Waals surface area contributed by atoms with Crippen LogP contribution < -0.4 is 10.1 Å². The quantitative estimate of drug-likeness (QED) is 0.515. The molecule has 0 atom stereocenters. The zero-order valence-electron chi connectivity index (χ0n) is 18.3. The van der Waals surface area contributed by atoms with E-state index in [1.54, 1.807) is 12.1 Å². The number of halogens is 2. The number of fused-ring (bicyclic) bond motifs is 1. The van der Waals surface area contributed by atoms with Gasteiger partial charge < -0.3 is 10.1 Å². The van der Waals surface area contributed by atoms with Crippen LogP contribution in [0.4, 0.5) is 14.5 Å². The molecule has 5 nitrogen and oxygen atoms in total. The molecule has 1 heterocycles. The van der Waals surface area contributed by atoms with E-state index in [-0.39, 0.29) is 5.56 Å². The third-order valence-electron chi connectivity index (χ3n) is 5.22. The number of hydrogen-bond acceptors (Lipinski definition) is 3. The molecule has 1 aliphatic rings. The molecule has 7 heteroatoms. The standard InChI is InChI=1S/C21H21F2N3O2.C3H8/c1-28-20-11-18-13(12-26(25-18)15-5-3-2-4-6-15)9-19(20)24-21(27)16-8-7-14(22)10-17(16)23;1-3-2/h7-12,15H,2-6H2,1H3,(H,24,27);3H2,1-2H3. The van der Waals surface area contributed by atoms with Gasteiger partial charge in [0, 0.05) is 23.7 Å². The monoisotopic (exact) mass is 429 g/mol. The second-order valence-electron chi connectivity index (χ2n) is 7.80. The van der Waals surface area contributed by atoms with E-state index >= 15 is 0 Å². The van der Waals surface area contributed by atoms with E-state index in [9.17, 15) is 13.6 Å². The van der Waals surface area contributed by atoms with Crippen molar-refractivity contribution in [2.24, 2.45) is 0 Å². The number of methoxy groups -OCH3 is 1. The first-order valence-electron chi connectivity index (χ1n) is 10.8. The maximum absolute atomic E-state index is 13.9. The lowest BCUT2D eigenvalue weighted by Crippen LogP contribution is -2.14. The van der Waals surface area contributed by atoms with Gasteiger partial charge in [0.1, 0.15) is 17.4 Å².